The van der Waals surface area contributed by atoms with Gasteiger partial charge >= 0.3 is 0 Å². The molecule has 2 unspecified atom stereocenters. The van der Waals surface area contributed by atoms with Gasteiger partial charge in [-0.25, -0.2) is 9.97 Å². The number of benzene rings is 8. The van der Waals surface area contributed by atoms with Crippen molar-refractivity contribution in [2.75, 3.05) is 0 Å². The zero-order chi connectivity index (χ0) is 34.9. The second-order valence-corrected chi connectivity index (χ2v) is 14.6. The molecule has 1 heterocycles. The topological polar surface area (TPSA) is 25.8 Å². The molecule has 0 bridgehead atoms. The van der Waals surface area contributed by atoms with Crippen LogP contribution in [-0.4, -0.2) is 9.97 Å². The number of aromatic nitrogens is 2. The van der Waals surface area contributed by atoms with Crippen LogP contribution in [0.4, 0.5) is 0 Å². The Morgan fingerprint density at radius 1 is 0.453 bits per heavy atom. The molecule has 0 amide bonds. The van der Waals surface area contributed by atoms with Gasteiger partial charge < -0.3 is 0 Å². The van der Waals surface area contributed by atoms with Crippen molar-refractivity contribution in [1.82, 2.24) is 9.97 Å². The van der Waals surface area contributed by atoms with E-state index in [0.717, 1.165) is 40.3 Å². The van der Waals surface area contributed by atoms with Crippen LogP contribution in [0.3, 0.4) is 0 Å². The molecule has 0 saturated heterocycles. The van der Waals surface area contributed by atoms with E-state index in [0.29, 0.717) is 5.92 Å². The van der Waals surface area contributed by atoms with Crippen LogP contribution >= 0.6 is 0 Å². The maximum absolute atomic E-state index is 5.29. The summed E-state index contributed by atoms with van der Waals surface area (Å²) in [6, 6.07) is 65.8. The van der Waals surface area contributed by atoms with Crippen molar-refractivity contribution >= 4 is 37.9 Å². The van der Waals surface area contributed by atoms with Crippen molar-refractivity contribution in [3.63, 3.8) is 0 Å². The summed E-state index contributed by atoms with van der Waals surface area (Å²) in [5.41, 5.74) is 11.8. The van der Waals surface area contributed by atoms with Crippen LogP contribution < -0.4 is 0 Å². The summed E-state index contributed by atoms with van der Waals surface area (Å²) in [5, 5.41) is 7.35. The zero-order valence-electron chi connectivity index (χ0n) is 29.1. The van der Waals surface area contributed by atoms with E-state index in [2.05, 4.69) is 188 Å². The molecule has 1 aromatic heterocycles. The summed E-state index contributed by atoms with van der Waals surface area (Å²) >= 11 is 0. The lowest BCUT2D eigenvalue weighted by Crippen LogP contribution is -2.13. The first-order valence-corrected chi connectivity index (χ1v) is 18.5. The normalized spacial score (nSPS) is 17.4. The molecule has 9 aromatic rings. The SMILES string of the molecule is C1=C(c2ccc(-c3nc(-c4cccc5ccccc45)cc(-c4cccc5ccccc45)n3)cc2)c2c(ccc3ccccc23)C2CC12c1ccccc1. The van der Waals surface area contributed by atoms with Crippen LogP contribution in [0, 0.1) is 0 Å². The Balaban J connectivity index is 1.08. The molecule has 2 nitrogen and oxygen atoms in total. The Labute approximate surface area is 308 Å². The molecule has 248 valence electrons. The van der Waals surface area contributed by atoms with Crippen molar-refractivity contribution in [2.24, 2.45) is 0 Å². The third-order valence-electron chi connectivity index (χ3n) is 11.6. The van der Waals surface area contributed by atoms with Crippen LogP contribution in [0.2, 0.25) is 0 Å². The highest BCUT2D eigenvalue weighted by atomic mass is 14.9. The van der Waals surface area contributed by atoms with E-state index < -0.39 is 0 Å². The predicted molar refractivity (Wildman–Crippen MR) is 220 cm³/mol. The summed E-state index contributed by atoms with van der Waals surface area (Å²) in [6.07, 6.45) is 3.71. The van der Waals surface area contributed by atoms with Crippen molar-refractivity contribution in [3.8, 4) is 33.9 Å². The Kier molecular flexibility index (Phi) is 6.63. The third-order valence-corrected chi connectivity index (χ3v) is 11.6. The molecule has 0 radical (unpaired) electrons. The summed E-state index contributed by atoms with van der Waals surface area (Å²) in [4.78, 5) is 10.6. The van der Waals surface area contributed by atoms with Gasteiger partial charge in [0.05, 0.1) is 11.4 Å². The second kappa shape index (κ2) is 11.7. The van der Waals surface area contributed by atoms with E-state index >= 15 is 0 Å². The number of nitrogens with zero attached hydrogens (tertiary/aromatic N) is 2. The van der Waals surface area contributed by atoms with Gasteiger partial charge in [0.1, 0.15) is 0 Å². The first-order valence-electron chi connectivity index (χ1n) is 18.5. The Bertz CT molecular complexity index is 2810. The van der Waals surface area contributed by atoms with E-state index in [1.165, 1.54) is 60.1 Å². The van der Waals surface area contributed by atoms with Gasteiger partial charge in [-0.1, -0.05) is 182 Å². The van der Waals surface area contributed by atoms with E-state index in [4.69, 9.17) is 9.97 Å². The van der Waals surface area contributed by atoms with Crippen LogP contribution in [0.15, 0.2) is 188 Å². The molecule has 0 N–H and O–H groups in total. The Morgan fingerprint density at radius 2 is 0.981 bits per heavy atom. The summed E-state index contributed by atoms with van der Waals surface area (Å²) in [5.74, 6) is 1.21. The summed E-state index contributed by atoms with van der Waals surface area (Å²) < 4.78 is 0. The van der Waals surface area contributed by atoms with Crippen molar-refractivity contribution in [3.05, 3.63) is 210 Å². The molecule has 8 aromatic carbocycles. The van der Waals surface area contributed by atoms with Gasteiger partial charge in [0.2, 0.25) is 0 Å². The summed E-state index contributed by atoms with van der Waals surface area (Å²) in [7, 11) is 0. The fraction of sp³-hybridized carbons (Fsp3) is 0.0588. The lowest BCUT2D eigenvalue weighted by atomic mass is 9.77. The number of hydrogen-bond acceptors (Lipinski definition) is 2. The Hall–Kier alpha value is -6.64. The van der Waals surface area contributed by atoms with Gasteiger partial charge in [-0.05, 0) is 78.5 Å². The molecule has 0 aliphatic heterocycles. The first-order chi connectivity index (χ1) is 26.2. The minimum atomic E-state index is 0.0218. The lowest BCUT2D eigenvalue weighted by Gasteiger charge is -2.26. The van der Waals surface area contributed by atoms with Gasteiger partial charge in [-0.15, -0.1) is 0 Å². The second-order valence-electron chi connectivity index (χ2n) is 14.6. The minimum Gasteiger partial charge on any atom is -0.228 e. The van der Waals surface area contributed by atoms with Gasteiger partial charge in [-0.2, -0.15) is 0 Å². The average Bonchev–Trinajstić information content (AvgIpc) is 3.99. The standard InChI is InChI=1S/C51H34N2/c1-2-17-38(18-3-1)51-31-45(49-41-21-9-6-14-35(41)28-29-44(49)46(51)32-51)36-24-26-37(27-25-36)50-52-47(42-22-10-15-33-12-4-7-19-39(33)42)30-48(53-50)43-23-11-16-34-13-5-8-20-40(34)43/h1-31,46H,32H2. The molecule has 53 heavy (non-hydrogen) atoms. The molecule has 11 rings (SSSR count). The smallest absolute Gasteiger partial charge is 0.160 e. The molecule has 2 aliphatic rings. The molecular weight excluding hydrogens is 641 g/mol. The fourth-order valence-electron chi connectivity index (χ4n) is 8.96. The van der Waals surface area contributed by atoms with Crippen molar-refractivity contribution < 1.29 is 0 Å². The van der Waals surface area contributed by atoms with Crippen LogP contribution in [0.5, 0.6) is 0 Å². The largest absolute Gasteiger partial charge is 0.228 e. The molecular formula is C51H34N2. The van der Waals surface area contributed by atoms with E-state index in [-0.39, 0.29) is 5.41 Å². The van der Waals surface area contributed by atoms with Crippen molar-refractivity contribution in [1.29, 1.82) is 0 Å². The summed E-state index contributed by atoms with van der Waals surface area (Å²) in [6.45, 7) is 0. The molecule has 2 aliphatic carbocycles. The first kappa shape index (κ1) is 30.0. The lowest BCUT2D eigenvalue weighted by molar-refractivity contribution is 0.830. The van der Waals surface area contributed by atoms with Gasteiger partial charge in [-0.3, -0.25) is 0 Å². The Morgan fingerprint density at radius 3 is 1.62 bits per heavy atom. The number of hydrogen-bond donors (Lipinski definition) is 0. The minimum absolute atomic E-state index is 0.0218. The van der Waals surface area contributed by atoms with Gasteiger partial charge in [0.25, 0.3) is 0 Å². The van der Waals surface area contributed by atoms with Crippen LogP contribution in [0.1, 0.15) is 34.6 Å². The molecule has 0 spiro atoms. The van der Waals surface area contributed by atoms with E-state index in [1.54, 1.807) is 0 Å². The van der Waals surface area contributed by atoms with E-state index in [9.17, 15) is 0 Å². The average molecular weight is 675 g/mol. The monoisotopic (exact) mass is 674 g/mol. The van der Waals surface area contributed by atoms with E-state index in [1.807, 2.05) is 0 Å². The maximum Gasteiger partial charge on any atom is 0.160 e. The molecule has 2 atom stereocenters. The zero-order valence-corrected chi connectivity index (χ0v) is 29.1. The molecule has 1 saturated carbocycles. The van der Waals surface area contributed by atoms with Crippen LogP contribution in [0.25, 0.3) is 71.8 Å². The highest BCUT2D eigenvalue weighted by Crippen LogP contribution is 2.66. The highest BCUT2D eigenvalue weighted by Gasteiger charge is 2.57. The quantitative estimate of drug-likeness (QED) is 0.182. The molecule has 2 heteroatoms. The van der Waals surface area contributed by atoms with Crippen LogP contribution in [-0.2, 0) is 5.41 Å². The fourth-order valence-corrected chi connectivity index (χ4v) is 8.96. The van der Waals surface area contributed by atoms with Gasteiger partial charge in [0.15, 0.2) is 5.82 Å². The maximum atomic E-state index is 5.29. The highest BCUT2D eigenvalue weighted by molar-refractivity contribution is 6.02. The van der Waals surface area contributed by atoms with Gasteiger partial charge in [0, 0.05) is 22.1 Å². The number of allylic oxidation sites excluding steroid dienone is 1. The third kappa shape index (κ3) is 4.80. The van der Waals surface area contributed by atoms with Crippen molar-refractivity contribution in [2.45, 2.75) is 17.8 Å². The molecule has 1 fully saturated rings. The number of fused-ring (bicyclic) bond motifs is 7. The number of rotatable bonds is 5. The predicted octanol–water partition coefficient (Wildman–Crippen LogP) is 12.8.